The highest BCUT2D eigenvalue weighted by molar-refractivity contribution is 6.34. The van der Waals surface area contributed by atoms with Crippen molar-refractivity contribution in [3.8, 4) is 11.5 Å². The molecule has 0 radical (unpaired) electrons. The normalized spacial score (nSPS) is 13.1. The van der Waals surface area contributed by atoms with Crippen LogP contribution in [0.2, 0.25) is 5.15 Å². The Kier molecular flexibility index (Phi) is 4.63. The number of phenols is 1. The molecule has 1 aromatic heterocycles. The quantitative estimate of drug-likeness (QED) is 0.511. The van der Waals surface area contributed by atoms with Crippen molar-refractivity contribution in [1.29, 1.82) is 0 Å². The highest BCUT2D eigenvalue weighted by Crippen LogP contribution is 2.32. The first-order valence-electron chi connectivity index (χ1n) is 7.86. The number of rotatable bonds is 4. The van der Waals surface area contributed by atoms with Crippen LogP contribution in [0.15, 0.2) is 48.5 Å². The fourth-order valence-electron chi connectivity index (χ4n) is 2.70. The van der Waals surface area contributed by atoms with Gasteiger partial charge in [-0.15, -0.1) is 0 Å². The van der Waals surface area contributed by atoms with Gasteiger partial charge in [0.05, 0.1) is 0 Å². The third-order valence-electron chi connectivity index (χ3n) is 4.29. The summed E-state index contributed by atoms with van der Waals surface area (Å²) < 4.78 is 0. The minimum atomic E-state index is -1.82. The first kappa shape index (κ1) is 18.5. The van der Waals surface area contributed by atoms with Crippen molar-refractivity contribution in [2.24, 2.45) is 0 Å². The lowest BCUT2D eigenvalue weighted by Crippen LogP contribution is -2.49. The summed E-state index contributed by atoms with van der Waals surface area (Å²) in [6, 6.07) is 12.0. The molecule has 7 nitrogen and oxygen atoms in total. The van der Waals surface area contributed by atoms with Gasteiger partial charge in [-0.05, 0) is 24.6 Å². The first-order chi connectivity index (χ1) is 12.7. The number of aromatic nitrogens is 1. The number of phenolic OH excluding ortho intramolecular Hbond substituents is 1. The second-order valence-corrected chi connectivity index (χ2v) is 6.43. The van der Waals surface area contributed by atoms with E-state index in [0.29, 0.717) is 10.8 Å². The average Bonchev–Trinajstić information content (AvgIpc) is 2.64. The number of halogens is 1. The van der Waals surface area contributed by atoms with E-state index < -0.39 is 23.2 Å². The van der Waals surface area contributed by atoms with Gasteiger partial charge in [-0.2, -0.15) is 0 Å². The summed E-state index contributed by atoms with van der Waals surface area (Å²) in [5.41, 5.74) is -1.98. The number of hydrogen-bond acceptors (Lipinski definition) is 5. The molecule has 0 aliphatic carbocycles. The molecule has 0 fully saturated rings. The van der Waals surface area contributed by atoms with E-state index in [-0.39, 0.29) is 22.2 Å². The molecule has 1 heterocycles. The van der Waals surface area contributed by atoms with Crippen molar-refractivity contribution < 1.29 is 24.9 Å². The molecule has 1 amide bonds. The maximum atomic E-state index is 12.7. The van der Waals surface area contributed by atoms with Gasteiger partial charge in [0, 0.05) is 10.8 Å². The van der Waals surface area contributed by atoms with Crippen LogP contribution < -0.4 is 5.32 Å². The summed E-state index contributed by atoms with van der Waals surface area (Å²) in [6.45, 7) is 1.29. The summed E-state index contributed by atoms with van der Waals surface area (Å²) in [5.74, 6) is -2.67. The smallest absolute Gasteiger partial charge is 0.333 e. The van der Waals surface area contributed by atoms with Crippen LogP contribution in [-0.4, -0.2) is 32.2 Å². The number of carboxylic acids is 1. The van der Waals surface area contributed by atoms with Crippen molar-refractivity contribution in [3.05, 3.63) is 64.9 Å². The molecular formula is C19H15ClN2O5. The number of carbonyl (C=O) groups is 2. The van der Waals surface area contributed by atoms with Gasteiger partial charge in [-0.1, -0.05) is 48.0 Å². The van der Waals surface area contributed by atoms with Gasteiger partial charge in [0.15, 0.2) is 17.0 Å². The fourth-order valence-corrected chi connectivity index (χ4v) is 2.95. The number of pyridine rings is 1. The Bertz CT molecular complexity index is 1050. The number of hydrogen-bond donors (Lipinski definition) is 4. The second-order valence-electron chi connectivity index (χ2n) is 6.08. The summed E-state index contributed by atoms with van der Waals surface area (Å²) in [5, 5.41) is 32.7. The Morgan fingerprint density at radius 3 is 2.22 bits per heavy atom. The number of fused-ring (bicyclic) bond motifs is 1. The Morgan fingerprint density at radius 1 is 1.04 bits per heavy atom. The molecule has 0 aliphatic heterocycles. The molecule has 0 unspecified atom stereocenters. The molecule has 0 saturated carbocycles. The summed E-state index contributed by atoms with van der Waals surface area (Å²) in [7, 11) is 0. The second kappa shape index (κ2) is 6.77. The molecule has 138 valence electrons. The van der Waals surface area contributed by atoms with Crippen LogP contribution in [0.3, 0.4) is 0 Å². The first-order valence-corrected chi connectivity index (χ1v) is 8.24. The SMILES string of the molecule is C[C@@](NC(=O)c1nc(Cl)c2ccccc2c1O)(C(=O)O)c1ccc(O)cc1. The van der Waals surface area contributed by atoms with Crippen LogP contribution in [0, 0.1) is 0 Å². The third-order valence-corrected chi connectivity index (χ3v) is 4.58. The Balaban J connectivity index is 2.05. The number of nitrogens with zero attached hydrogens (tertiary/aromatic N) is 1. The van der Waals surface area contributed by atoms with Crippen LogP contribution in [0.4, 0.5) is 0 Å². The van der Waals surface area contributed by atoms with E-state index in [1.807, 2.05) is 0 Å². The molecule has 8 heteroatoms. The minimum absolute atomic E-state index is 0.00946. The molecule has 3 aromatic rings. The number of carbonyl (C=O) groups excluding carboxylic acids is 1. The zero-order valence-electron chi connectivity index (χ0n) is 14.1. The molecular weight excluding hydrogens is 372 g/mol. The lowest BCUT2D eigenvalue weighted by molar-refractivity contribution is -0.144. The van der Waals surface area contributed by atoms with E-state index in [0.717, 1.165) is 0 Å². The van der Waals surface area contributed by atoms with Crippen LogP contribution in [0.25, 0.3) is 10.8 Å². The number of amides is 1. The molecule has 0 spiro atoms. The molecule has 4 N–H and O–H groups in total. The maximum Gasteiger partial charge on any atom is 0.333 e. The molecule has 27 heavy (non-hydrogen) atoms. The van der Waals surface area contributed by atoms with Gasteiger partial charge in [0.25, 0.3) is 5.91 Å². The predicted octanol–water partition coefficient (Wildman–Crippen LogP) is 3.03. The average molecular weight is 387 g/mol. The predicted molar refractivity (Wildman–Crippen MR) is 99.0 cm³/mol. The zero-order chi connectivity index (χ0) is 19.8. The van der Waals surface area contributed by atoms with Gasteiger partial charge in [-0.25, -0.2) is 9.78 Å². The molecule has 0 aliphatic rings. The third kappa shape index (κ3) is 3.24. The highest BCUT2D eigenvalue weighted by atomic mass is 35.5. The molecule has 3 rings (SSSR count). The van der Waals surface area contributed by atoms with Crippen molar-refractivity contribution >= 4 is 34.2 Å². The summed E-state index contributed by atoms with van der Waals surface area (Å²) >= 11 is 6.10. The number of benzene rings is 2. The van der Waals surface area contributed by atoms with E-state index in [1.165, 1.54) is 31.2 Å². The number of carboxylic acid groups (broad SMARTS) is 1. The van der Waals surface area contributed by atoms with Crippen LogP contribution in [-0.2, 0) is 10.3 Å². The van der Waals surface area contributed by atoms with Crippen LogP contribution in [0.1, 0.15) is 23.0 Å². The minimum Gasteiger partial charge on any atom is -0.508 e. The van der Waals surface area contributed by atoms with Crippen LogP contribution >= 0.6 is 11.6 Å². The van der Waals surface area contributed by atoms with Gasteiger partial charge in [-0.3, -0.25) is 4.79 Å². The van der Waals surface area contributed by atoms with Crippen molar-refractivity contribution in [1.82, 2.24) is 10.3 Å². The monoisotopic (exact) mass is 386 g/mol. The molecule has 1 atom stereocenters. The van der Waals surface area contributed by atoms with Gasteiger partial charge < -0.3 is 20.6 Å². The molecule has 2 aromatic carbocycles. The van der Waals surface area contributed by atoms with E-state index in [9.17, 15) is 24.9 Å². The van der Waals surface area contributed by atoms with Gasteiger partial charge in [0.1, 0.15) is 10.9 Å². The van der Waals surface area contributed by atoms with Crippen molar-refractivity contribution in [3.63, 3.8) is 0 Å². The lowest BCUT2D eigenvalue weighted by Gasteiger charge is -2.27. The Labute approximate surface area is 158 Å². The van der Waals surface area contributed by atoms with Gasteiger partial charge in [0.2, 0.25) is 0 Å². The molecule has 0 bridgehead atoms. The lowest BCUT2D eigenvalue weighted by atomic mass is 9.91. The fraction of sp³-hybridized carbons (Fsp3) is 0.105. The maximum absolute atomic E-state index is 12.7. The highest BCUT2D eigenvalue weighted by Gasteiger charge is 2.38. The number of nitrogens with one attached hydrogen (secondary N) is 1. The summed E-state index contributed by atoms with van der Waals surface area (Å²) in [6.07, 6.45) is 0. The van der Waals surface area contributed by atoms with E-state index in [2.05, 4.69) is 10.3 Å². The standard InChI is InChI=1S/C19H15ClN2O5/c1-19(18(26)27,10-6-8-11(23)9-7-10)22-17(25)14-15(24)12-4-2-3-5-13(12)16(20)21-14/h2-9,23-24H,1H3,(H,22,25)(H,26,27)/t19-/m0/s1. The largest absolute Gasteiger partial charge is 0.508 e. The molecule has 0 saturated heterocycles. The Hall–Kier alpha value is -3.32. The van der Waals surface area contributed by atoms with E-state index in [4.69, 9.17) is 11.6 Å². The van der Waals surface area contributed by atoms with Gasteiger partial charge >= 0.3 is 5.97 Å². The Morgan fingerprint density at radius 2 is 1.63 bits per heavy atom. The topological polar surface area (TPSA) is 120 Å². The summed E-state index contributed by atoms with van der Waals surface area (Å²) in [4.78, 5) is 28.5. The zero-order valence-corrected chi connectivity index (χ0v) is 14.9. The van der Waals surface area contributed by atoms with Crippen molar-refractivity contribution in [2.45, 2.75) is 12.5 Å². The van der Waals surface area contributed by atoms with E-state index >= 15 is 0 Å². The number of aliphatic carboxylic acids is 1. The van der Waals surface area contributed by atoms with E-state index in [1.54, 1.807) is 24.3 Å². The van der Waals surface area contributed by atoms with Crippen molar-refractivity contribution in [2.75, 3.05) is 0 Å². The number of aromatic hydroxyl groups is 2. The van der Waals surface area contributed by atoms with Crippen LogP contribution in [0.5, 0.6) is 11.5 Å².